The van der Waals surface area contributed by atoms with Gasteiger partial charge in [0.15, 0.2) is 0 Å². The Balaban J connectivity index is 1.91. The first-order valence-electron chi connectivity index (χ1n) is 12.5. The SMILES string of the molecule is CC1CC1N(C(=O)C(CS)NC(=O)OC(C)(C)C)C(C(=O)NC1CCCCC1)c1cccc(O)c1. The maximum Gasteiger partial charge on any atom is 0.408 e. The van der Waals surface area contributed by atoms with E-state index in [4.69, 9.17) is 4.74 Å². The molecular weight excluding hydrogens is 466 g/mol. The summed E-state index contributed by atoms with van der Waals surface area (Å²) >= 11 is 4.32. The van der Waals surface area contributed by atoms with Gasteiger partial charge < -0.3 is 25.4 Å². The number of carbonyl (C=O) groups is 3. The van der Waals surface area contributed by atoms with E-state index in [2.05, 4.69) is 23.3 Å². The molecule has 0 aromatic heterocycles. The number of hydrogen-bond acceptors (Lipinski definition) is 6. The van der Waals surface area contributed by atoms with Crippen molar-refractivity contribution in [1.82, 2.24) is 15.5 Å². The van der Waals surface area contributed by atoms with Crippen LogP contribution < -0.4 is 10.6 Å². The predicted octanol–water partition coefficient (Wildman–Crippen LogP) is 3.94. The predicted molar refractivity (Wildman–Crippen MR) is 137 cm³/mol. The molecule has 1 aromatic rings. The summed E-state index contributed by atoms with van der Waals surface area (Å²) in [6, 6.07) is 4.47. The highest BCUT2D eigenvalue weighted by Gasteiger charge is 2.48. The van der Waals surface area contributed by atoms with E-state index in [1.807, 2.05) is 6.92 Å². The third kappa shape index (κ3) is 7.53. The van der Waals surface area contributed by atoms with E-state index in [0.29, 0.717) is 5.56 Å². The second-order valence-electron chi connectivity index (χ2n) is 10.7. The Morgan fingerprint density at radius 2 is 1.86 bits per heavy atom. The fourth-order valence-electron chi connectivity index (χ4n) is 4.65. The smallest absolute Gasteiger partial charge is 0.408 e. The van der Waals surface area contributed by atoms with Gasteiger partial charge in [0.25, 0.3) is 0 Å². The number of hydrogen-bond donors (Lipinski definition) is 4. The summed E-state index contributed by atoms with van der Waals surface area (Å²) in [6.07, 6.45) is 5.14. The molecule has 3 N–H and O–H groups in total. The van der Waals surface area contributed by atoms with Crippen molar-refractivity contribution in [3.05, 3.63) is 29.8 Å². The molecule has 2 fully saturated rings. The zero-order valence-corrected chi connectivity index (χ0v) is 22.0. The molecule has 4 atom stereocenters. The Kier molecular flexibility index (Phi) is 8.96. The fraction of sp³-hybridized carbons (Fsp3) is 0.654. The number of ether oxygens (including phenoxy) is 1. The number of nitrogens with one attached hydrogen (secondary N) is 2. The van der Waals surface area contributed by atoms with Gasteiger partial charge in [0, 0.05) is 17.8 Å². The third-order valence-corrected chi connectivity index (χ3v) is 6.88. The Bertz CT molecular complexity index is 912. The first kappa shape index (κ1) is 27.2. The molecule has 194 valence electrons. The van der Waals surface area contributed by atoms with Crippen LogP contribution in [0.15, 0.2) is 24.3 Å². The highest BCUT2D eigenvalue weighted by Crippen LogP contribution is 2.41. The molecule has 2 saturated carbocycles. The average Bonchev–Trinajstić information content (AvgIpc) is 3.50. The van der Waals surface area contributed by atoms with Crippen molar-refractivity contribution in [3.8, 4) is 5.75 Å². The van der Waals surface area contributed by atoms with Crippen LogP contribution in [0.25, 0.3) is 0 Å². The number of benzene rings is 1. The van der Waals surface area contributed by atoms with Gasteiger partial charge in [-0.2, -0.15) is 12.6 Å². The van der Waals surface area contributed by atoms with Gasteiger partial charge in [0.05, 0.1) is 0 Å². The topological polar surface area (TPSA) is 108 Å². The third-order valence-electron chi connectivity index (χ3n) is 6.51. The lowest BCUT2D eigenvalue weighted by Crippen LogP contribution is -2.55. The quantitative estimate of drug-likeness (QED) is 0.400. The van der Waals surface area contributed by atoms with Crippen molar-refractivity contribution in [1.29, 1.82) is 0 Å². The van der Waals surface area contributed by atoms with Crippen LogP contribution >= 0.6 is 12.6 Å². The van der Waals surface area contributed by atoms with Gasteiger partial charge >= 0.3 is 6.09 Å². The van der Waals surface area contributed by atoms with Crippen LogP contribution in [0.5, 0.6) is 5.75 Å². The van der Waals surface area contributed by atoms with E-state index in [0.717, 1.165) is 38.5 Å². The molecule has 0 aliphatic heterocycles. The van der Waals surface area contributed by atoms with Gasteiger partial charge in [-0.15, -0.1) is 0 Å². The summed E-state index contributed by atoms with van der Waals surface area (Å²) in [5.41, 5.74) is -0.191. The van der Waals surface area contributed by atoms with Gasteiger partial charge in [0.2, 0.25) is 11.8 Å². The van der Waals surface area contributed by atoms with Crippen LogP contribution in [0.4, 0.5) is 4.79 Å². The number of nitrogens with zero attached hydrogens (tertiary/aromatic N) is 1. The van der Waals surface area contributed by atoms with Gasteiger partial charge in [-0.3, -0.25) is 9.59 Å². The number of aromatic hydroxyl groups is 1. The number of carbonyl (C=O) groups excluding carboxylic acids is 3. The number of phenolic OH excluding ortho intramolecular Hbond substituents is 1. The molecule has 0 bridgehead atoms. The number of rotatable bonds is 8. The molecule has 9 heteroatoms. The molecule has 0 spiro atoms. The van der Waals surface area contributed by atoms with Crippen LogP contribution in [-0.2, 0) is 14.3 Å². The lowest BCUT2D eigenvalue weighted by molar-refractivity contribution is -0.143. The minimum atomic E-state index is -0.969. The van der Waals surface area contributed by atoms with Crippen LogP contribution in [0.2, 0.25) is 0 Å². The van der Waals surface area contributed by atoms with Crippen LogP contribution in [0.1, 0.15) is 77.8 Å². The molecule has 1 aromatic carbocycles. The van der Waals surface area contributed by atoms with Crippen molar-refractivity contribution in [2.24, 2.45) is 5.92 Å². The number of phenols is 1. The van der Waals surface area contributed by atoms with Gasteiger partial charge in [-0.25, -0.2) is 4.79 Å². The summed E-state index contributed by atoms with van der Waals surface area (Å²) < 4.78 is 5.34. The molecule has 2 aliphatic rings. The molecule has 8 nitrogen and oxygen atoms in total. The normalized spacial score (nSPS) is 22.0. The zero-order chi connectivity index (χ0) is 25.8. The van der Waals surface area contributed by atoms with Crippen molar-refractivity contribution >= 4 is 30.5 Å². The summed E-state index contributed by atoms with van der Waals surface area (Å²) in [6.45, 7) is 7.27. The molecule has 0 radical (unpaired) electrons. The molecule has 2 aliphatic carbocycles. The van der Waals surface area contributed by atoms with Crippen LogP contribution in [-0.4, -0.2) is 57.4 Å². The first-order chi connectivity index (χ1) is 16.5. The molecule has 0 heterocycles. The van der Waals surface area contributed by atoms with Gasteiger partial charge in [-0.1, -0.05) is 38.3 Å². The van der Waals surface area contributed by atoms with E-state index in [9.17, 15) is 19.5 Å². The molecule has 3 rings (SSSR count). The highest BCUT2D eigenvalue weighted by atomic mass is 32.1. The van der Waals surface area contributed by atoms with E-state index >= 15 is 0 Å². The van der Waals surface area contributed by atoms with E-state index in [1.54, 1.807) is 37.8 Å². The fourth-order valence-corrected chi connectivity index (χ4v) is 4.90. The average molecular weight is 506 g/mol. The lowest BCUT2D eigenvalue weighted by atomic mass is 9.94. The van der Waals surface area contributed by atoms with Crippen molar-refractivity contribution in [2.75, 3.05) is 5.75 Å². The molecule has 3 amide bonds. The summed E-state index contributed by atoms with van der Waals surface area (Å²) in [5, 5.41) is 15.9. The van der Waals surface area contributed by atoms with Crippen LogP contribution in [0, 0.1) is 5.92 Å². The first-order valence-corrected chi connectivity index (χ1v) is 13.1. The number of alkyl carbamates (subject to hydrolysis) is 1. The Morgan fingerprint density at radius 3 is 2.40 bits per heavy atom. The number of amides is 3. The Hall–Kier alpha value is -2.42. The van der Waals surface area contributed by atoms with Gasteiger partial charge in [0.1, 0.15) is 23.4 Å². The zero-order valence-electron chi connectivity index (χ0n) is 21.1. The van der Waals surface area contributed by atoms with Gasteiger partial charge in [-0.05, 0) is 63.6 Å². The summed E-state index contributed by atoms with van der Waals surface area (Å²) in [5.74, 6) is -0.389. The van der Waals surface area contributed by atoms with Crippen LogP contribution in [0.3, 0.4) is 0 Å². The monoisotopic (exact) mass is 505 g/mol. The maximum absolute atomic E-state index is 13.9. The van der Waals surface area contributed by atoms with E-state index in [-0.39, 0.29) is 35.4 Å². The summed E-state index contributed by atoms with van der Waals surface area (Å²) in [4.78, 5) is 41.6. The number of thiol groups is 1. The minimum Gasteiger partial charge on any atom is -0.508 e. The Morgan fingerprint density at radius 1 is 1.20 bits per heavy atom. The molecular formula is C26H39N3O5S. The molecule has 4 unspecified atom stereocenters. The molecule has 35 heavy (non-hydrogen) atoms. The van der Waals surface area contributed by atoms with E-state index < -0.39 is 29.7 Å². The molecule has 0 saturated heterocycles. The van der Waals surface area contributed by atoms with Crippen molar-refractivity contribution in [3.63, 3.8) is 0 Å². The second-order valence-corrected chi connectivity index (χ2v) is 11.1. The largest absolute Gasteiger partial charge is 0.508 e. The Labute approximate surface area is 213 Å². The summed E-state index contributed by atoms with van der Waals surface area (Å²) in [7, 11) is 0. The van der Waals surface area contributed by atoms with Crippen molar-refractivity contribution in [2.45, 2.75) is 96.0 Å². The second kappa shape index (κ2) is 11.5. The van der Waals surface area contributed by atoms with Crippen molar-refractivity contribution < 1.29 is 24.2 Å². The minimum absolute atomic E-state index is 0.0202. The standard InChI is InChI=1S/C26H39N3O5S/c1-16-13-21(16)29(24(32)20(15-35)28-25(33)34-26(2,3)4)22(17-9-8-12-19(30)14-17)23(31)27-18-10-6-5-7-11-18/h8-9,12,14,16,18,20-22,30,35H,5-7,10-11,13,15H2,1-4H3,(H,27,31)(H,28,33). The lowest BCUT2D eigenvalue weighted by Gasteiger charge is -2.36. The highest BCUT2D eigenvalue weighted by molar-refractivity contribution is 7.80. The van der Waals surface area contributed by atoms with E-state index in [1.165, 1.54) is 12.1 Å². The maximum atomic E-state index is 13.9.